The molecule has 6 heteroatoms. The molecule has 0 radical (unpaired) electrons. The lowest BCUT2D eigenvalue weighted by molar-refractivity contribution is 0.0525. The maximum absolute atomic E-state index is 12.4. The molecular weight excluding hydrogens is 284 g/mol. The highest BCUT2D eigenvalue weighted by Gasteiger charge is 2.27. The number of carbonyl (C=O) groups excluding carboxylic acids is 2. The molecule has 120 valence electrons. The van der Waals surface area contributed by atoms with Crippen molar-refractivity contribution in [3.05, 3.63) is 29.6 Å². The van der Waals surface area contributed by atoms with Crippen LogP contribution in [0.25, 0.3) is 0 Å². The van der Waals surface area contributed by atoms with Crippen LogP contribution in [0.1, 0.15) is 41.1 Å². The number of likely N-dealkylation sites (tertiary alicyclic amines) is 1. The van der Waals surface area contributed by atoms with Crippen LogP contribution in [-0.2, 0) is 9.47 Å². The lowest BCUT2D eigenvalue weighted by Crippen LogP contribution is -2.30. The zero-order valence-electron chi connectivity index (χ0n) is 13.1. The molecule has 1 saturated heterocycles. The summed E-state index contributed by atoms with van der Waals surface area (Å²) in [6.07, 6.45) is 2.34. The molecule has 0 N–H and O–H groups in total. The van der Waals surface area contributed by atoms with Crippen LogP contribution in [0.4, 0.5) is 0 Å². The van der Waals surface area contributed by atoms with Gasteiger partial charge in [-0.25, -0.2) is 4.79 Å². The number of carbonyl (C=O) groups is 2. The average Bonchev–Trinajstić information content (AvgIpc) is 3.01. The van der Waals surface area contributed by atoms with E-state index in [-0.39, 0.29) is 5.91 Å². The molecule has 1 aromatic rings. The van der Waals surface area contributed by atoms with E-state index in [4.69, 9.17) is 9.47 Å². The van der Waals surface area contributed by atoms with Gasteiger partial charge in [0, 0.05) is 31.8 Å². The van der Waals surface area contributed by atoms with Gasteiger partial charge in [-0.05, 0) is 32.4 Å². The first-order valence-electron chi connectivity index (χ1n) is 7.65. The highest BCUT2D eigenvalue weighted by Crippen LogP contribution is 2.18. The molecule has 1 aliphatic heterocycles. The summed E-state index contributed by atoms with van der Waals surface area (Å²) in [6, 6.07) is 3.15. The topological polar surface area (TPSA) is 68.7 Å². The second-order valence-electron chi connectivity index (χ2n) is 5.22. The molecule has 6 nitrogen and oxygen atoms in total. The summed E-state index contributed by atoms with van der Waals surface area (Å²) in [4.78, 5) is 29.8. The van der Waals surface area contributed by atoms with Gasteiger partial charge in [0.05, 0.1) is 18.8 Å². The van der Waals surface area contributed by atoms with Gasteiger partial charge in [-0.3, -0.25) is 9.78 Å². The van der Waals surface area contributed by atoms with E-state index < -0.39 is 5.97 Å². The second kappa shape index (κ2) is 7.89. The van der Waals surface area contributed by atoms with Crippen molar-refractivity contribution in [2.75, 3.05) is 32.9 Å². The Labute approximate surface area is 130 Å². The Balaban J connectivity index is 1.94. The molecule has 0 aromatic carbocycles. The summed E-state index contributed by atoms with van der Waals surface area (Å²) in [5.74, 6) is -0.135. The van der Waals surface area contributed by atoms with E-state index in [2.05, 4.69) is 4.98 Å². The van der Waals surface area contributed by atoms with Crippen LogP contribution in [0.15, 0.2) is 18.3 Å². The number of hydrogen-bond acceptors (Lipinski definition) is 5. The number of amides is 1. The van der Waals surface area contributed by atoms with Crippen molar-refractivity contribution in [2.45, 2.75) is 20.3 Å². The first kappa shape index (κ1) is 16.4. The van der Waals surface area contributed by atoms with Gasteiger partial charge in [-0.15, -0.1) is 0 Å². The third-order valence-electron chi connectivity index (χ3n) is 3.62. The normalized spacial score (nSPS) is 17.5. The Morgan fingerprint density at radius 1 is 1.32 bits per heavy atom. The third kappa shape index (κ3) is 4.04. The molecule has 1 aromatic heterocycles. The monoisotopic (exact) mass is 306 g/mol. The fourth-order valence-electron chi connectivity index (χ4n) is 2.46. The standard InChI is InChI=1S/C16H22N2O4/c1-3-21-11-12-7-8-18(10-12)15(19)14-6-5-13(9-17-14)16(20)22-4-2/h5-6,9,12H,3-4,7-8,10-11H2,1-2H3. The minimum Gasteiger partial charge on any atom is -0.462 e. The Morgan fingerprint density at radius 2 is 2.14 bits per heavy atom. The number of rotatable bonds is 6. The molecular formula is C16H22N2O4. The van der Waals surface area contributed by atoms with Crippen molar-refractivity contribution in [1.82, 2.24) is 9.88 Å². The predicted molar refractivity (Wildman–Crippen MR) is 80.7 cm³/mol. The van der Waals surface area contributed by atoms with Crippen molar-refractivity contribution < 1.29 is 19.1 Å². The fourth-order valence-corrected chi connectivity index (χ4v) is 2.46. The van der Waals surface area contributed by atoms with Crippen LogP contribution >= 0.6 is 0 Å². The second-order valence-corrected chi connectivity index (χ2v) is 5.22. The molecule has 22 heavy (non-hydrogen) atoms. The average molecular weight is 306 g/mol. The van der Waals surface area contributed by atoms with E-state index in [1.807, 2.05) is 6.92 Å². The summed E-state index contributed by atoms with van der Waals surface area (Å²) >= 11 is 0. The maximum Gasteiger partial charge on any atom is 0.339 e. The van der Waals surface area contributed by atoms with Gasteiger partial charge in [0.25, 0.3) is 5.91 Å². The van der Waals surface area contributed by atoms with Gasteiger partial charge in [0.2, 0.25) is 0 Å². The van der Waals surface area contributed by atoms with Crippen LogP contribution in [0.3, 0.4) is 0 Å². The van der Waals surface area contributed by atoms with Crippen molar-refractivity contribution in [2.24, 2.45) is 5.92 Å². The molecule has 1 unspecified atom stereocenters. The summed E-state index contributed by atoms with van der Waals surface area (Å²) in [5, 5.41) is 0. The van der Waals surface area contributed by atoms with E-state index >= 15 is 0 Å². The predicted octanol–water partition coefficient (Wildman–Crippen LogP) is 1.76. The molecule has 2 heterocycles. The van der Waals surface area contributed by atoms with Crippen molar-refractivity contribution >= 4 is 11.9 Å². The van der Waals surface area contributed by atoms with E-state index in [9.17, 15) is 9.59 Å². The molecule has 1 aliphatic rings. The van der Waals surface area contributed by atoms with Gasteiger partial charge in [-0.2, -0.15) is 0 Å². The summed E-state index contributed by atoms with van der Waals surface area (Å²) < 4.78 is 10.3. The minimum absolute atomic E-state index is 0.102. The van der Waals surface area contributed by atoms with Gasteiger partial charge in [-0.1, -0.05) is 0 Å². The largest absolute Gasteiger partial charge is 0.462 e. The number of ether oxygens (including phenoxy) is 2. The number of nitrogens with zero attached hydrogens (tertiary/aromatic N) is 2. The van der Waals surface area contributed by atoms with E-state index in [1.54, 1.807) is 24.0 Å². The van der Waals surface area contributed by atoms with Gasteiger partial charge >= 0.3 is 5.97 Å². The molecule has 0 aliphatic carbocycles. The zero-order chi connectivity index (χ0) is 15.9. The lowest BCUT2D eigenvalue weighted by Gasteiger charge is -2.16. The Bertz CT molecular complexity index is 515. The molecule has 1 fully saturated rings. The Hall–Kier alpha value is -1.95. The third-order valence-corrected chi connectivity index (χ3v) is 3.62. The Kier molecular flexibility index (Phi) is 5.89. The quantitative estimate of drug-likeness (QED) is 0.749. The zero-order valence-corrected chi connectivity index (χ0v) is 13.1. The van der Waals surface area contributed by atoms with Crippen molar-refractivity contribution in [3.8, 4) is 0 Å². The lowest BCUT2D eigenvalue weighted by atomic mass is 10.1. The van der Waals surface area contributed by atoms with E-state index in [1.165, 1.54) is 6.20 Å². The van der Waals surface area contributed by atoms with Crippen LogP contribution in [0, 0.1) is 5.92 Å². The first-order chi connectivity index (χ1) is 10.7. The fraction of sp³-hybridized carbons (Fsp3) is 0.562. The van der Waals surface area contributed by atoms with Crippen LogP contribution in [-0.4, -0.2) is 54.7 Å². The van der Waals surface area contributed by atoms with E-state index in [0.717, 1.165) is 13.0 Å². The summed E-state index contributed by atoms with van der Waals surface area (Å²) in [7, 11) is 0. The molecule has 2 rings (SSSR count). The highest BCUT2D eigenvalue weighted by molar-refractivity contribution is 5.94. The van der Waals surface area contributed by atoms with E-state index in [0.29, 0.717) is 43.5 Å². The summed E-state index contributed by atoms with van der Waals surface area (Å²) in [6.45, 7) is 6.82. The smallest absolute Gasteiger partial charge is 0.339 e. The summed E-state index contributed by atoms with van der Waals surface area (Å²) in [5.41, 5.74) is 0.708. The highest BCUT2D eigenvalue weighted by atomic mass is 16.5. The maximum atomic E-state index is 12.4. The first-order valence-corrected chi connectivity index (χ1v) is 7.65. The van der Waals surface area contributed by atoms with Crippen LogP contribution in [0.2, 0.25) is 0 Å². The number of esters is 1. The molecule has 1 atom stereocenters. The van der Waals surface area contributed by atoms with Crippen LogP contribution in [0.5, 0.6) is 0 Å². The molecule has 0 spiro atoms. The number of hydrogen-bond donors (Lipinski definition) is 0. The Morgan fingerprint density at radius 3 is 2.77 bits per heavy atom. The van der Waals surface area contributed by atoms with Gasteiger partial charge in [0.1, 0.15) is 5.69 Å². The van der Waals surface area contributed by atoms with Gasteiger partial charge in [0.15, 0.2) is 0 Å². The SMILES string of the molecule is CCOCC1CCN(C(=O)c2ccc(C(=O)OCC)cn2)C1. The van der Waals surface area contributed by atoms with Crippen LogP contribution < -0.4 is 0 Å². The minimum atomic E-state index is -0.424. The molecule has 1 amide bonds. The van der Waals surface area contributed by atoms with Crippen molar-refractivity contribution in [3.63, 3.8) is 0 Å². The molecule has 0 saturated carbocycles. The van der Waals surface area contributed by atoms with Crippen molar-refractivity contribution in [1.29, 1.82) is 0 Å². The van der Waals surface area contributed by atoms with Gasteiger partial charge < -0.3 is 14.4 Å². The number of pyridine rings is 1. The number of aromatic nitrogens is 1. The molecule has 0 bridgehead atoms.